The molecule has 3 rings (SSSR count). The first kappa shape index (κ1) is 16.2. The Balaban J connectivity index is 1.64. The van der Waals surface area contributed by atoms with Crippen LogP contribution in [-0.2, 0) is 20.1 Å². The quantitative estimate of drug-likeness (QED) is 0.883. The van der Waals surface area contributed by atoms with Gasteiger partial charge in [-0.25, -0.2) is 4.98 Å². The molecule has 0 aromatic carbocycles. The van der Waals surface area contributed by atoms with Gasteiger partial charge in [0.05, 0.1) is 23.8 Å². The second kappa shape index (κ2) is 7.27. The zero-order valence-corrected chi connectivity index (χ0v) is 14.4. The van der Waals surface area contributed by atoms with E-state index in [-0.39, 0.29) is 0 Å². The highest BCUT2D eigenvalue weighted by Gasteiger charge is 2.31. The SMILES string of the molecule is CCn1nccc1CNC[C@@H]1CCCN(C)[C@H]1c1cncn1C. The Bertz CT molecular complexity index is 616. The van der Waals surface area contributed by atoms with E-state index in [1.165, 1.54) is 24.2 Å². The zero-order chi connectivity index (χ0) is 16.2. The number of aryl methyl sites for hydroxylation is 2. The van der Waals surface area contributed by atoms with Crippen molar-refractivity contribution in [1.82, 2.24) is 29.5 Å². The van der Waals surface area contributed by atoms with Crippen LogP contribution in [0.25, 0.3) is 0 Å². The molecule has 3 heterocycles. The van der Waals surface area contributed by atoms with E-state index in [1.54, 1.807) is 0 Å². The summed E-state index contributed by atoms with van der Waals surface area (Å²) >= 11 is 0. The van der Waals surface area contributed by atoms with E-state index in [0.29, 0.717) is 12.0 Å². The highest BCUT2D eigenvalue weighted by Crippen LogP contribution is 2.34. The molecule has 126 valence electrons. The molecule has 0 unspecified atom stereocenters. The van der Waals surface area contributed by atoms with Crippen LogP contribution in [0, 0.1) is 5.92 Å². The third-order valence-corrected chi connectivity index (χ3v) is 4.98. The van der Waals surface area contributed by atoms with Crippen LogP contribution in [0.3, 0.4) is 0 Å². The average Bonchev–Trinajstić information content (AvgIpc) is 3.16. The molecule has 0 saturated carbocycles. The van der Waals surface area contributed by atoms with Gasteiger partial charge in [-0.2, -0.15) is 5.10 Å². The molecule has 1 aliphatic heterocycles. The van der Waals surface area contributed by atoms with E-state index in [9.17, 15) is 0 Å². The molecule has 1 N–H and O–H groups in total. The molecule has 2 aromatic rings. The molecule has 0 amide bonds. The van der Waals surface area contributed by atoms with Crippen LogP contribution in [0.2, 0.25) is 0 Å². The van der Waals surface area contributed by atoms with E-state index >= 15 is 0 Å². The van der Waals surface area contributed by atoms with Gasteiger partial charge in [0.1, 0.15) is 0 Å². The van der Waals surface area contributed by atoms with Gasteiger partial charge in [0, 0.05) is 39.1 Å². The van der Waals surface area contributed by atoms with Crippen molar-refractivity contribution >= 4 is 0 Å². The Morgan fingerprint density at radius 2 is 2.22 bits per heavy atom. The molecular formula is C17H28N6. The second-order valence-corrected chi connectivity index (χ2v) is 6.53. The fraction of sp³-hybridized carbons (Fsp3) is 0.647. The van der Waals surface area contributed by atoms with Gasteiger partial charge in [-0.15, -0.1) is 0 Å². The van der Waals surface area contributed by atoms with Crippen LogP contribution in [0.1, 0.15) is 37.2 Å². The minimum atomic E-state index is 0.444. The third kappa shape index (κ3) is 3.48. The summed E-state index contributed by atoms with van der Waals surface area (Å²) in [7, 11) is 4.32. The van der Waals surface area contributed by atoms with Crippen molar-refractivity contribution in [1.29, 1.82) is 0 Å². The smallest absolute Gasteiger partial charge is 0.0946 e. The van der Waals surface area contributed by atoms with Crippen LogP contribution in [0.4, 0.5) is 0 Å². The number of likely N-dealkylation sites (tertiary alicyclic amines) is 1. The van der Waals surface area contributed by atoms with Gasteiger partial charge in [0.2, 0.25) is 0 Å². The number of piperidine rings is 1. The molecule has 0 aliphatic carbocycles. The van der Waals surface area contributed by atoms with E-state index in [1.807, 2.05) is 18.7 Å². The lowest BCUT2D eigenvalue weighted by atomic mass is 9.87. The molecule has 6 nitrogen and oxygen atoms in total. The van der Waals surface area contributed by atoms with E-state index in [2.05, 4.69) is 56.6 Å². The van der Waals surface area contributed by atoms with Crippen LogP contribution in [0.5, 0.6) is 0 Å². The van der Waals surface area contributed by atoms with Crippen molar-refractivity contribution in [3.05, 3.63) is 36.2 Å². The van der Waals surface area contributed by atoms with Gasteiger partial charge in [-0.1, -0.05) is 0 Å². The maximum absolute atomic E-state index is 4.34. The van der Waals surface area contributed by atoms with Crippen LogP contribution in [-0.4, -0.2) is 44.4 Å². The van der Waals surface area contributed by atoms with Gasteiger partial charge in [0.25, 0.3) is 0 Å². The number of nitrogens with one attached hydrogen (secondary N) is 1. The van der Waals surface area contributed by atoms with Gasteiger partial charge < -0.3 is 9.88 Å². The van der Waals surface area contributed by atoms with Crippen LogP contribution >= 0.6 is 0 Å². The fourth-order valence-corrected chi connectivity index (χ4v) is 3.77. The molecule has 1 saturated heterocycles. The first-order valence-corrected chi connectivity index (χ1v) is 8.58. The molecule has 0 bridgehead atoms. The van der Waals surface area contributed by atoms with Crippen molar-refractivity contribution in [3.8, 4) is 0 Å². The summed E-state index contributed by atoms with van der Waals surface area (Å²) in [6.07, 6.45) is 8.34. The van der Waals surface area contributed by atoms with Crippen molar-refractivity contribution in [2.24, 2.45) is 13.0 Å². The molecule has 1 aliphatic rings. The number of imidazole rings is 1. The molecule has 0 spiro atoms. The number of hydrogen-bond donors (Lipinski definition) is 1. The van der Waals surface area contributed by atoms with Crippen LogP contribution in [0.15, 0.2) is 24.8 Å². The molecule has 2 atom stereocenters. The number of nitrogens with zero attached hydrogens (tertiary/aromatic N) is 5. The molecular weight excluding hydrogens is 288 g/mol. The van der Waals surface area contributed by atoms with Crippen LogP contribution < -0.4 is 5.32 Å². The first-order valence-electron chi connectivity index (χ1n) is 8.58. The maximum atomic E-state index is 4.34. The van der Waals surface area contributed by atoms with Crippen molar-refractivity contribution in [2.75, 3.05) is 20.1 Å². The summed E-state index contributed by atoms with van der Waals surface area (Å²) in [4.78, 5) is 6.79. The van der Waals surface area contributed by atoms with Gasteiger partial charge in [-0.05, 0) is 45.3 Å². The van der Waals surface area contributed by atoms with E-state index in [0.717, 1.165) is 26.2 Å². The van der Waals surface area contributed by atoms with Gasteiger partial charge in [-0.3, -0.25) is 9.58 Å². The average molecular weight is 316 g/mol. The van der Waals surface area contributed by atoms with Crippen molar-refractivity contribution < 1.29 is 0 Å². The lowest BCUT2D eigenvalue weighted by Crippen LogP contribution is -2.41. The predicted molar refractivity (Wildman–Crippen MR) is 90.9 cm³/mol. The maximum Gasteiger partial charge on any atom is 0.0946 e. The Morgan fingerprint density at radius 1 is 1.35 bits per heavy atom. The number of aromatic nitrogens is 4. The Labute approximate surface area is 138 Å². The normalized spacial score (nSPS) is 22.6. The van der Waals surface area contributed by atoms with Gasteiger partial charge in [0.15, 0.2) is 0 Å². The number of hydrogen-bond acceptors (Lipinski definition) is 4. The monoisotopic (exact) mass is 316 g/mol. The summed E-state index contributed by atoms with van der Waals surface area (Å²) in [6.45, 7) is 6.12. The van der Waals surface area contributed by atoms with Crippen molar-refractivity contribution in [2.45, 2.75) is 38.9 Å². The summed E-state index contributed by atoms with van der Waals surface area (Å²) < 4.78 is 4.21. The highest BCUT2D eigenvalue weighted by atomic mass is 15.3. The van der Waals surface area contributed by atoms with E-state index in [4.69, 9.17) is 0 Å². The summed E-state index contributed by atoms with van der Waals surface area (Å²) in [5.41, 5.74) is 2.58. The summed E-state index contributed by atoms with van der Waals surface area (Å²) in [5, 5.41) is 7.98. The van der Waals surface area contributed by atoms with E-state index < -0.39 is 0 Å². The Morgan fingerprint density at radius 3 is 2.96 bits per heavy atom. The third-order valence-electron chi connectivity index (χ3n) is 4.98. The molecule has 0 radical (unpaired) electrons. The Kier molecular flexibility index (Phi) is 5.13. The largest absolute Gasteiger partial charge is 0.336 e. The highest BCUT2D eigenvalue weighted by molar-refractivity contribution is 5.09. The molecule has 1 fully saturated rings. The topological polar surface area (TPSA) is 50.9 Å². The van der Waals surface area contributed by atoms with Gasteiger partial charge >= 0.3 is 0 Å². The first-order chi connectivity index (χ1) is 11.2. The molecule has 6 heteroatoms. The minimum absolute atomic E-state index is 0.444. The second-order valence-electron chi connectivity index (χ2n) is 6.53. The fourth-order valence-electron chi connectivity index (χ4n) is 3.77. The zero-order valence-electron chi connectivity index (χ0n) is 14.4. The summed E-state index contributed by atoms with van der Waals surface area (Å²) in [5.74, 6) is 0.613. The Hall–Kier alpha value is -1.66. The van der Waals surface area contributed by atoms with Crippen molar-refractivity contribution in [3.63, 3.8) is 0 Å². The predicted octanol–water partition coefficient (Wildman–Crippen LogP) is 1.81. The number of rotatable bonds is 6. The molecule has 2 aromatic heterocycles. The summed E-state index contributed by atoms with van der Waals surface area (Å²) in [6, 6.07) is 2.54. The lowest BCUT2D eigenvalue weighted by Gasteiger charge is -2.39. The minimum Gasteiger partial charge on any atom is -0.336 e. The lowest BCUT2D eigenvalue weighted by molar-refractivity contribution is 0.113. The molecule has 23 heavy (non-hydrogen) atoms. The standard InChI is InChI=1S/C17H28N6/c1-4-23-15(7-8-20-23)11-18-10-14-6-5-9-21(2)17(14)16-12-19-13-22(16)3/h7-8,12-14,17-18H,4-6,9-11H2,1-3H3/t14-,17+/m0/s1.